The zero-order valence-electron chi connectivity index (χ0n) is 14.6. The predicted molar refractivity (Wildman–Crippen MR) is 109 cm³/mol. The highest BCUT2D eigenvalue weighted by Crippen LogP contribution is 2.39. The van der Waals surface area contributed by atoms with Gasteiger partial charge in [-0.15, -0.1) is 0 Å². The molecule has 1 heteroatoms. The molecule has 0 spiro atoms. The second-order valence-electron chi connectivity index (χ2n) is 6.70. The number of para-hydroxylation sites is 1. The topological polar surface area (TPSA) is 13.1 Å². The van der Waals surface area contributed by atoms with Gasteiger partial charge in [-0.3, -0.25) is 0 Å². The van der Waals surface area contributed by atoms with Gasteiger partial charge in [0.2, 0.25) is 0 Å². The summed E-state index contributed by atoms with van der Waals surface area (Å²) in [6.45, 7) is 2.12. The van der Waals surface area contributed by atoms with Crippen LogP contribution in [-0.4, -0.2) is 0 Å². The Morgan fingerprint density at radius 1 is 0.577 bits per heavy atom. The SMILES string of the molecule is Cc1ccc2oc3c(-c4ccccc4-c4ccccc4)cccc3c2c1. The van der Waals surface area contributed by atoms with Crippen LogP contribution < -0.4 is 0 Å². The summed E-state index contributed by atoms with van der Waals surface area (Å²) in [5.74, 6) is 0. The van der Waals surface area contributed by atoms with E-state index in [2.05, 4.69) is 97.9 Å². The van der Waals surface area contributed by atoms with Crippen molar-refractivity contribution in [3.8, 4) is 22.3 Å². The molecule has 0 fully saturated rings. The number of fused-ring (bicyclic) bond motifs is 3. The number of hydrogen-bond donors (Lipinski definition) is 0. The fourth-order valence-electron chi connectivity index (χ4n) is 3.71. The number of aryl methyl sites for hydroxylation is 1. The minimum atomic E-state index is 0.940. The van der Waals surface area contributed by atoms with Gasteiger partial charge in [0.05, 0.1) is 0 Å². The largest absolute Gasteiger partial charge is 0.455 e. The highest BCUT2D eigenvalue weighted by Gasteiger charge is 2.14. The summed E-state index contributed by atoms with van der Waals surface area (Å²) < 4.78 is 6.28. The van der Waals surface area contributed by atoms with E-state index in [0.717, 1.165) is 16.7 Å². The van der Waals surface area contributed by atoms with Crippen molar-refractivity contribution < 1.29 is 4.42 Å². The van der Waals surface area contributed by atoms with Gasteiger partial charge in [-0.05, 0) is 35.7 Å². The lowest BCUT2D eigenvalue weighted by molar-refractivity contribution is 0.670. The van der Waals surface area contributed by atoms with Crippen molar-refractivity contribution in [1.29, 1.82) is 0 Å². The highest BCUT2D eigenvalue weighted by atomic mass is 16.3. The standard InChI is InChI=1S/C25H18O/c1-17-14-15-24-23(16-17)22-13-7-12-21(25(22)26-24)20-11-6-5-10-19(20)18-8-3-2-4-9-18/h2-16H,1H3. The van der Waals surface area contributed by atoms with E-state index in [4.69, 9.17) is 4.42 Å². The molecule has 0 unspecified atom stereocenters. The first-order chi connectivity index (χ1) is 12.8. The van der Waals surface area contributed by atoms with Crippen molar-refractivity contribution in [3.05, 3.63) is 96.6 Å². The second kappa shape index (κ2) is 5.89. The maximum Gasteiger partial charge on any atom is 0.143 e. The lowest BCUT2D eigenvalue weighted by Crippen LogP contribution is -1.85. The van der Waals surface area contributed by atoms with Crippen LogP contribution >= 0.6 is 0 Å². The highest BCUT2D eigenvalue weighted by molar-refractivity contribution is 6.10. The van der Waals surface area contributed by atoms with Crippen LogP contribution in [-0.2, 0) is 0 Å². The Morgan fingerprint density at radius 3 is 2.15 bits per heavy atom. The van der Waals surface area contributed by atoms with E-state index in [0.29, 0.717) is 0 Å². The van der Waals surface area contributed by atoms with Crippen LogP contribution in [0.5, 0.6) is 0 Å². The number of benzene rings is 4. The molecule has 0 atom stereocenters. The zero-order chi connectivity index (χ0) is 17.5. The molecule has 0 aliphatic heterocycles. The minimum absolute atomic E-state index is 0.940. The monoisotopic (exact) mass is 334 g/mol. The molecular formula is C25H18O. The average Bonchev–Trinajstić information content (AvgIpc) is 3.07. The Hall–Kier alpha value is -3.32. The molecule has 0 aliphatic rings. The first-order valence-electron chi connectivity index (χ1n) is 8.88. The molecule has 1 nitrogen and oxygen atoms in total. The van der Waals surface area contributed by atoms with Crippen LogP contribution in [0.25, 0.3) is 44.2 Å². The maximum absolute atomic E-state index is 6.28. The molecule has 0 saturated heterocycles. The van der Waals surface area contributed by atoms with Crippen LogP contribution in [0.2, 0.25) is 0 Å². The van der Waals surface area contributed by atoms with Crippen LogP contribution in [0.3, 0.4) is 0 Å². The Bertz CT molecular complexity index is 1230. The average molecular weight is 334 g/mol. The summed E-state index contributed by atoms with van der Waals surface area (Å²) in [4.78, 5) is 0. The Morgan fingerprint density at radius 2 is 1.31 bits per heavy atom. The molecule has 5 aromatic rings. The van der Waals surface area contributed by atoms with Crippen LogP contribution in [0.4, 0.5) is 0 Å². The third kappa shape index (κ3) is 2.33. The second-order valence-corrected chi connectivity index (χ2v) is 6.70. The molecule has 124 valence electrons. The Kier molecular flexibility index (Phi) is 3.39. The van der Waals surface area contributed by atoms with Crippen molar-refractivity contribution >= 4 is 21.9 Å². The van der Waals surface area contributed by atoms with E-state index in [-0.39, 0.29) is 0 Å². The van der Waals surface area contributed by atoms with E-state index in [1.54, 1.807) is 0 Å². The van der Waals surface area contributed by atoms with Crippen LogP contribution in [0.15, 0.2) is 95.4 Å². The first-order valence-corrected chi connectivity index (χ1v) is 8.88. The van der Waals surface area contributed by atoms with Crippen molar-refractivity contribution in [2.75, 3.05) is 0 Å². The molecule has 26 heavy (non-hydrogen) atoms. The molecule has 1 heterocycles. The third-order valence-electron chi connectivity index (χ3n) is 4.95. The summed E-state index contributed by atoms with van der Waals surface area (Å²) >= 11 is 0. The number of furan rings is 1. The summed E-state index contributed by atoms with van der Waals surface area (Å²) in [5.41, 5.74) is 7.90. The first kappa shape index (κ1) is 15.0. The third-order valence-corrected chi connectivity index (χ3v) is 4.95. The summed E-state index contributed by atoms with van der Waals surface area (Å²) in [5, 5.41) is 2.35. The quantitative estimate of drug-likeness (QED) is 0.332. The lowest BCUT2D eigenvalue weighted by atomic mass is 9.93. The van der Waals surface area contributed by atoms with Gasteiger partial charge in [0, 0.05) is 16.3 Å². The normalized spacial score (nSPS) is 11.3. The van der Waals surface area contributed by atoms with Gasteiger partial charge in [-0.1, -0.05) is 84.4 Å². The van der Waals surface area contributed by atoms with E-state index >= 15 is 0 Å². The van der Waals surface area contributed by atoms with Gasteiger partial charge in [0.25, 0.3) is 0 Å². The number of hydrogen-bond acceptors (Lipinski definition) is 1. The molecule has 0 radical (unpaired) electrons. The fourth-order valence-corrected chi connectivity index (χ4v) is 3.71. The molecule has 0 bridgehead atoms. The minimum Gasteiger partial charge on any atom is -0.455 e. The Balaban J connectivity index is 1.83. The van der Waals surface area contributed by atoms with Gasteiger partial charge >= 0.3 is 0 Å². The molecule has 0 N–H and O–H groups in total. The molecule has 5 rings (SSSR count). The van der Waals surface area contributed by atoms with Gasteiger partial charge in [-0.2, -0.15) is 0 Å². The van der Waals surface area contributed by atoms with Gasteiger partial charge in [-0.25, -0.2) is 0 Å². The summed E-state index contributed by atoms with van der Waals surface area (Å²) in [6, 6.07) is 31.8. The number of rotatable bonds is 2. The molecule has 0 saturated carbocycles. The lowest BCUT2D eigenvalue weighted by Gasteiger charge is -2.10. The maximum atomic E-state index is 6.28. The van der Waals surface area contributed by atoms with Gasteiger partial charge in [0.1, 0.15) is 11.2 Å². The van der Waals surface area contributed by atoms with Gasteiger partial charge in [0.15, 0.2) is 0 Å². The molecule has 0 aliphatic carbocycles. The van der Waals surface area contributed by atoms with Crippen LogP contribution in [0.1, 0.15) is 5.56 Å². The smallest absolute Gasteiger partial charge is 0.143 e. The van der Waals surface area contributed by atoms with Crippen molar-refractivity contribution in [2.24, 2.45) is 0 Å². The van der Waals surface area contributed by atoms with E-state index in [9.17, 15) is 0 Å². The zero-order valence-corrected chi connectivity index (χ0v) is 14.6. The van der Waals surface area contributed by atoms with Crippen molar-refractivity contribution in [2.45, 2.75) is 6.92 Å². The predicted octanol–water partition coefficient (Wildman–Crippen LogP) is 7.23. The van der Waals surface area contributed by atoms with E-state index < -0.39 is 0 Å². The molecule has 1 aromatic heterocycles. The van der Waals surface area contributed by atoms with Gasteiger partial charge < -0.3 is 4.42 Å². The van der Waals surface area contributed by atoms with Crippen molar-refractivity contribution in [1.82, 2.24) is 0 Å². The van der Waals surface area contributed by atoms with Crippen molar-refractivity contribution in [3.63, 3.8) is 0 Å². The Labute approximate surface area is 152 Å². The summed E-state index contributed by atoms with van der Waals surface area (Å²) in [7, 11) is 0. The molecule has 0 amide bonds. The fraction of sp³-hybridized carbons (Fsp3) is 0.0400. The van der Waals surface area contributed by atoms with Crippen LogP contribution in [0, 0.1) is 6.92 Å². The summed E-state index contributed by atoms with van der Waals surface area (Å²) in [6.07, 6.45) is 0. The molecule has 4 aromatic carbocycles. The van der Waals surface area contributed by atoms with E-state index in [1.807, 2.05) is 0 Å². The van der Waals surface area contributed by atoms with E-state index in [1.165, 1.54) is 33.0 Å². The molecular weight excluding hydrogens is 316 g/mol.